The van der Waals surface area contributed by atoms with Crippen LogP contribution in [0.2, 0.25) is 0 Å². The molecule has 0 amide bonds. The van der Waals surface area contributed by atoms with Gasteiger partial charge in [-0.3, -0.25) is 0 Å². The van der Waals surface area contributed by atoms with Gasteiger partial charge in [0.2, 0.25) is 10.0 Å². The zero-order valence-electron chi connectivity index (χ0n) is 19.2. The van der Waals surface area contributed by atoms with Crippen molar-refractivity contribution >= 4 is 30.9 Å². The lowest BCUT2D eigenvalue weighted by Crippen LogP contribution is -2.37. The summed E-state index contributed by atoms with van der Waals surface area (Å²) in [5.74, 6) is 0.0859. The minimum Gasteiger partial charge on any atom is -0.493 e. The lowest BCUT2D eigenvalue weighted by molar-refractivity contribution is 0.322. The first kappa shape index (κ1) is 25.0. The standard InChI is InChI=1S/C24H29NO6S2/c1-5-18(3)25(33(28,29)22-13-12-20-9-7-8-10-21(20)16-22)17-19-11-14-23(30-4)24(15-19)31-32(26,27)6-2/h7-16,18H,5-6,17H2,1-4H3/t18-/m0/s1. The molecule has 9 heteroatoms. The Kier molecular flexibility index (Phi) is 7.66. The Morgan fingerprint density at radius 2 is 1.58 bits per heavy atom. The molecule has 0 aromatic heterocycles. The third-order valence-corrected chi connectivity index (χ3v) is 8.64. The maximum Gasteiger partial charge on any atom is 0.309 e. The van der Waals surface area contributed by atoms with E-state index < -0.39 is 20.1 Å². The van der Waals surface area contributed by atoms with Crippen LogP contribution in [-0.4, -0.2) is 40.0 Å². The van der Waals surface area contributed by atoms with Gasteiger partial charge in [-0.15, -0.1) is 0 Å². The van der Waals surface area contributed by atoms with Crippen molar-refractivity contribution in [3.05, 3.63) is 66.2 Å². The number of ether oxygens (including phenoxy) is 1. The van der Waals surface area contributed by atoms with E-state index in [2.05, 4.69) is 0 Å². The molecule has 0 N–H and O–H groups in total. The van der Waals surface area contributed by atoms with Gasteiger partial charge in [-0.25, -0.2) is 8.42 Å². The minimum absolute atomic E-state index is 0.0315. The van der Waals surface area contributed by atoms with Gasteiger partial charge in [0, 0.05) is 12.6 Å². The lowest BCUT2D eigenvalue weighted by atomic mass is 10.1. The summed E-state index contributed by atoms with van der Waals surface area (Å²) in [5, 5.41) is 1.80. The summed E-state index contributed by atoms with van der Waals surface area (Å²) in [4.78, 5) is 0.208. The Bertz CT molecular complexity index is 1340. The third-order valence-electron chi connectivity index (χ3n) is 5.55. The van der Waals surface area contributed by atoms with E-state index >= 15 is 0 Å². The molecule has 0 bridgehead atoms. The summed E-state index contributed by atoms with van der Waals surface area (Å²) in [6.07, 6.45) is 0.608. The van der Waals surface area contributed by atoms with Crippen LogP contribution < -0.4 is 8.92 Å². The number of benzene rings is 3. The third kappa shape index (κ3) is 5.66. The van der Waals surface area contributed by atoms with Gasteiger partial charge in [-0.1, -0.05) is 43.3 Å². The summed E-state index contributed by atoms with van der Waals surface area (Å²) < 4.78 is 63.1. The van der Waals surface area contributed by atoms with Crippen LogP contribution in [0.25, 0.3) is 10.8 Å². The van der Waals surface area contributed by atoms with Gasteiger partial charge in [0.25, 0.3) is 0 Å². The molecule has 3 aromatic rings. The molecule has 0 fully saturated rings. The van der Waals surface area contributed by atoms with Crippen molar-refractivity contribution in [1.82, 2.24) is 4.31 Å². The second-order valence-corrected chi connectivity index (χ2v) is 11.5. The molecule has 0 spiro atoms. The van der Waals surface area contributed by atoms with E-state index in [1.54, 1.807) is 30.3 Å². The number of hydrogen-bond acceptors (Lipinski definition) is 6. The smallest absolute Gasteiger partial charge is 0.309 e. The highest BCUT2D eigenvalue weighted by Crippen LogP contribution is 2.32. The Labute approximate surface area is 196 Å². The van der Waals surface area contributed by atoms with Crippen molar-refractivity contribution < 1.29 is 25.8 Å². The van der Waals surface area contributed by atoms with Crippen molar-refractivity contribution in [1.29, 1.82) is 0 Å². The van der Waals surface area contributed by atoms with E-state index in [0.29, 0.717) is 12.0 Å². The van der Waals surface area contributed by atoms with Gasteiger partial charge in [0.1, 0.15) is 0 Å². The number of hydrogen-bond donors (Lipinski definition) is 0. The molecular weight excluding hydrogens is 462 g/mol. The molecule has 0 aliphatic rings. The number of sulfonamides is 1. The van der Waals surface area contributed by atoms with Crippen LogP contribution in [0.5, 0.6) is 11.5 Å². The molecule has 0 heterocycles. The van der Waals surface area contributed by atoms with Crippen LogP contribution in [0.4, 0.5) is 0 Å². The molecule has 3 rings (SSSR count). The maximum atomic E-state index is 13.6. The summed E-state index contributed by atoms with van der Waals surface area (Å²) >= 11 is 0. The van der Waals surface area contributed by atoms with Crippen LogP contribution in [0.1, 0.15) is 32.8 Å². The predicted molar refractivity (Wildman–Crippen MR) is 130 cm³/mol. The zero-order valence-corrected chi connectivity index (χ0v) is 20.8. The highest BCUT2D eigenvalue weighted by Gasteiger charge is 2.29. The average molecular weight is 492 g/mol. The lowest BCUT2D eigenvalue weighted by Gasteiger charge is -2.28. The molecule has 0 aliphatic heterocycles. The van der Waals surface area contributed by atoms with Crippen LogP contribution in [0, 0.1) is 0 Å². The minimum atomic E-state index is -3.83. The van der Waals surface area contributed by atoms with Crippen molar-refractivity contribution in [3.8, 4) is 11.5 Å². The van der Waals surface area contributed by atoms with E-state index in [1.807, 2.05) is 38.1 Å². The maximum absolute atomic E-state index is 13.6. The largest absolute Gasteiger partial charge is 0.493 e. The van der Waals surface area contributed by atoms with E-state index in [9.17, 15) is 16.8 Å². The number of nitrogens with zero attached hydrogens (tertiary/aromatic N) is 1. The first-order chi connectivity index (χ1) is 15.6. The van der Waals surface area contributed by atoms with E-state index in [0.717, 1.165) is 10.8 Å². The Hall–Kier alpha value is -2.62. The van der Waals surface area contributed by atoms with Gasteiger partial charge in [-0.2, -0.15) is 12.7 Å². The first-order valence-corrected chi connectivity index (χ1v) is 13.7. The van der Waals surface area contributed by atoms with Gasteiger partial charge in [0.15, 0.2) is 11.5 Å². The highest BCUT2D eigenvalue weighted by atomic mass is 32.2. The fourth-order valence-corrected chi connectivity index (χ4v) is 5.66. The quantitative estimate of drug-likeness (QED) is 0.386. The number of rotatable bonds is 10. The molecular formula is C24H29NO6S2. The van der Waals surface area contributed by atoms with Crippen LogP contribution in [0.3, 0.4) is 0 Å². The van der Waals surface area contributed by atoms with Crippen molar-refractivity contribution in [2.45, 2.75) is 44.7 Å². The van der Waals surface area contributed by atoms with E-state index in [1.165, 1.54) is 24.4 Å². The fourth-order valence-electron chi connectivity index (χ4n) is 3.40. The normalized spacial score (nSPS) is 13.2. The monoisotopic (exact) mass is 491 g/mol. The fraction of sp³-hybridized carbons (Fsp3) is 0.333. The molecule has 33 heavy (non-hydrogen) atoms. The number of fused-ring (bicyclic) bond motifs is 1. The van der Waals surface area contributed by atoms with Crippen LogP contribution in [-0.2, 0) is 26.7 Å². The highest BCUT2D eigenvalue weighted by molar-refractivity contribution is 7.89. The zero-order chi connectivity index (χ0) is 24.2. The molecule has 3 aromatic carbocycles. The molecule has 7 nitrogen and oxygen atoms in total. The summed E-state index contributed by atoms with van der Waals surface area (Å²) in [6.45, 7) is 5.30. The molecule has 0 saturated carbocycles. The summed E-state index contributed by atoms with van der Waals surface area (Å²) in [7, 11) is -6.19. The number of methoxy groups -OCH3 is 1. The molecule has 0 saturated heterocycles. The van der Waals surface area contributed by atoms with Crippen molar-refractivity contribution in [3.63, 3.8) is 0 Å². The van der Waals surface area contributed by atoms with E-state index in [-0.39, 0.29) is 34.7 Å². The second-order valence-electron chi connectivity index (χ2n) is 7.73. The second kappa shape index (κ2) is 10.1. The van der Waals surface area contributed by atoms with Crippen LogP contribution >= 0.6 is 0 Å². The van der Waals surface area contributed by atoms with Crippen molar-refractivity contribution in [2.24, 2.45) is 0 Å². The van der Waals surface area contributed by atoms with Crippen LogP contribution in [0.15, 0.2) is 65.6 Å². The van der Waals surface area contributed by atoms with Gasteiger partial charge < -0.3 is 8.92 Å². The molecule has 0 unspecified atom stereocenters. The topological polar surface area (TPSA) is 90.0 Å². The summed E-state index contributed by atoms with van der Waals surface area (Å²) in [5.41, 5.74) is 0.585. The Morgan fingerprint density at radius 1 is 0.879 bits per heavy atom. The first-order valence-electron chi connectivity index (χ1n) is 10.7. The predicted octanol–water partition coefficient (Wildman–Crippen LogP) is 4.57. The SMILES string of the molecule is CC[C@H](C)N(Cc1ccc(OC)c(OS(=O)(=O)CC)c1)S(=O)(=O)c1ccc2ccccc2c1. The van der Waals surface area contributed by atoms with Gasteiger partial charge >= 0.3 is 10.1 Å². The Morgan fingerprint density at radius 3 is 2.21 bits per heavy atom. The molecule has 0 radical (unpaired) electrons. The van der Waals surface area contributed by atoms with E-state index in [4.69, 9.17) is 8.92 Å². The summed E-state index contributed by atoms with van der Waals surface area (Å²) in [6, 6.07) is 17.2. The van der Waals surface area contributed by atoms with Gasteiger partial charge in [0.05, 0.1) is 17.8 Å². The average Bonchev–Trinajstić information content (AvgIpc) is 2.81. The molecule has 1 atom stereocenters. The van der Waals surface area contributed by atoms with Gasteiger partial charge in [-0.05, 0) is 60.9 Å². The van der Waals surface area contributed by atoms with Crippen molar-refractivity contribution in [2.75, 3.05) is 12.9 Å². The molecule has 178 valence electrons. The molecule has 0 aliphatic carbocycles. The Balaban J connectivity index is 2.01.